The van der Waals surface area contributed by atoms with Gasteiger partial charge in [-0.15, -0.1) is 11.8 Å². The van der Waals surface area contributed by atoms with Crippen LogP contribution in [0.1, 0.15) is 12.6 Å². The lowest BCUT2D eigenvalue weighted by atomic mass is 10.6. The van der Waals surface area contributed by atoms with Gasteiger partial charge in [0, 0.05) is 0 Å². The van der Waals surface area contributed by atoms with E-state index in [1.807, 2.05) is 23.6 Å². The predicted molar refractivity (Wildman–Crippen MR) is 66.8 cm³/mol. The summed E-state index contributed by atoms with van der Waals surface area (Å²) in [5.41, 5.74) is 1.99. The Labute approximate surface area is 100 Å². The van der Waals surface area contributed by atoms with E-state index < -0.39 is 0 Å². The van der Waals surface area contributed by atoms with Gasteiger partial charge in [0.1, 0.15) is 8.73 Å². The molecule has 0 bridgehead atoms. The Morgan fingerprint density at radius 3 is 3.00 bits per heavy atom. The van der Waals surface area contributed by atoms with E-state index in [2.05, 4.69) is 39.6 Å². The molecule has 0 saturated heterocycles. The van der Waals surface area contributed by atoms with Crippen molar-refractivity contribution in [3.63, 3.8) is 0 Å². The number of nitrogens with zero attached hydrogens (tertiary/aromatic N) is 3. The third-order valence-corrected chi connectivity index (χ3v) is 3.45. The normalized spacial score (nSPS) is 11.1. The fraction of sp³-hybridized carbons (Fsp3) is 0.333. The van der Waals surface area contributed by atoms with Crippen LogP contribution in [-0.2, 0) is 0 Å². The average Bonchev–Trinajstić information content (AvgIpc) is 2.45. The van der Waals surface area contributed by atoms with Gasteiger partial charge in [-0.05, 0) is 47.4 Å². The van der Waals surface area contributed by atoms with E-state index in [4.69, 9.17) is 0 Å². The fourth-order valence-corrected chi connectivity index (χ4v) is 2.48. The molecule has 0 aliphatic rings. The molecule has 0 unspecified atom stereocenters. The molecule has 74 valence electrons. The van der Waals surface area contributed by atoms with Gasteiger partial charge in [-0.2, -0.15) is 5.10 Å². The van der Waals surface area contributed by atoms with Crippen LogP contribution in [0.5, 0.6) is 0 Å². The zero-order valence-corrected chi connectivity index (χ0v) is 11.0. The molecule has 0 fully saturated rings. The number of halogens is 1. The molecular weight excluding hydrogens is 309 g/mol. The van der Waals surface area contributed by atoms with Crippen LogP contribution in [0.25, 0.3) is 5.65 Å². The standard InChI is InChI=1S/C9H10IN3S/c1-3-14-9-6(2)11-8-5-4-7(10)12-13(8)9/h4-5H,3H2,1-2H3. The van der Waals surface area contributed by atoms with E-state index in [9.17, 15) is 0 Å². The van der Waals surface area contributed by atoms with E-state index in [1.165, 1.54) is 0 Å². The van der Waals surface area contributed by atoms with Crippen molar-refractivity contribution < 1.29 is 0 Å². The molecule has 0 N–H and O–H groups in total. The molecule has 0 amide bonds. The highest BCUT2D eigenvalue weighted by Gasteiger charge is 2.09. The molecule has 0 atom stereocenters. The Morgan fingerprint density at radius 2 is 2.29 bits per heavy atom. The minimum atomic E-state index is 0.930. The van der Waals surface area contributed by atoms with Gasteiger partial charge in [0.25, 0.3) is 0 Å². The van der Waals surface area contributed by atoms with E-state index in [0.717, 1.165) is 25.8 Å². The average molecular weight is 319 g/mol. The molecule has 2 aromatic heterocycles. The second-order valence-electron chi connectivity index (χ2n) is 2.86. The number of aromatic nitrogens is 3. The molecule has 0 saturated carbocycles. The van der Waals surface area contributed by atoms with Crippen molar-refractivity contribution in [2.24, 2.45) is 0 Å². The first-order chi connectivity index (χ1) is 6.72. The Morgan fingerprint density at radius 1 is 1.50 bits per heavy atom. The van der Waals surface area contributed by atoms with E-state index >= 15 is 0 Å². The highest BCUT2D eigenvalue weighted by Crippen LogP contribution is 2.22. The van der Waals surface area contributed by atoms with Crippen LogP contribution < -0.4 is 0 Å². The molecule has 14 heavy (non-hydrogen) atoms. The zero-order valence-electron chi connectivity index (χ0n) is 7.99. The van der Waals surface area contributed by atoms with Crippen molar-refractivity contribution >= 4 is 40.0 Å². The lowest BCUT2D eigenvalue weighted by Gasteiger charge is -1.99. The topological polar surface area (TPSA) is 30.2 Å². The van der Waals surface area contributed by atoms with Gasteiger partial charge >= 0.3 is 0 Å². The molecule has 0 spiro atoms. The minimum absolute atomic E-state index is 0.930. The van der Waals surface area contributed by atoms with Crippen LogP contribution in [0.3, 0.4) is 0 Å². The van der Waals surface area contributed by atoms with Gasteiger partial charge in [0.2, 0.25) is 0 Å². The van der Waals surface area contributed by atoms with Crippen molar-refractivity contribution in [3.05, 3.63) is 21.5 Å². The summed E-state index contributed by atoms with van der Waals surface area (Å²) in [7, 11) is 0. The van der Waals surface area contributed by atoms with Crippen LogP contribution in [0, 0.1) is 10.6 Å². The summed E-state index contributed by atoms with van der Waals surface area (Å²) >= 11 is 3.99. The number of fused-ring (bicyclic) bond motifs is 1. The number of aryl methyl sites for hydroxylation is 1. The SMILES string of the molecule is CCSc1c(C)nc2ccc(I)nn12. The summed E-state index contributed by atoms with van der Waals surface area (Å²) < 4.78 is 2.91. The number of thioether (sulfide) groups is 1. The molecule has 3 nitrogen and oxygen atoms in total. The molecule has 5 heteroatoms. The van der Waals surface area contributed by atoms with Crippen molar-refractivity contribution in [2.45, 2.75) is 18.9 Å². The smallest absolute Gasteiger partial charge is 0.155 e. The lowest BCUT2D eigenvalue weighted by molar-refractivity contribution is 0.832. The van der Waals surface area contributed by atoms with Gasteiger partial charge in [0.05, 0.1) is 5.69 Å². The van der Waals surface area contributed by atoms with Crippen LogP contribution in [-0.4, -0.2) is 20.4 Å². The van der Waals surface area contributed by atoms with Crippen molar-refractivity contribution in [1.82, 2.24) is 14.6 Å². The molecule has 0 aromatic carbocycles. The largest absolute Gasteiger partial charge is 0.231 e. The van der Waals surface area contributed by atoms with Gasteiger partial charge in [-0.25, -0.2) is 9.50 Å². The van der Waals surface area contributed by atoms with Crippen LogP contribution in [0.4, 0.5) is 0 Å². The van der Waals surface area contributed by atoms with Crippen molar-refractivity contribution in [2.75, 3.05) is 5.75 Å². The highest BCUT2D eigenvalue weighted by molar-refractivity contribution is 14.1. The summed E-state index contributed by atoms with van der Waals surface area (Å²) in [6.07, 6.45) is 0. The molecule has 0 aliphatic heterocycles. The lowest BCUT2D eigenvalue weighted by Crippen LogP contribution is -1.95. The number of hydrogen-bond donors (Lipinski definition) is 0. The maximum Gasteiger partial charge on any atom is 0.155 e. The summed E-state index contributed by atoms with van der Waals surface area (Å²) in [6, 6.07) is 3.98. The number of hydrogen-bond acceptors (Lipinski definition) is 3. The van der Waals surface area contributed by atoms with Crippen LogP contribution in [0.2, 0.25) is 0 Å². The Bertz CT molecular complexity index is 466. The maximum absolute atomic E-state index is 4.45. The molecule has 2 heterocycles. The molecule has 2 aromatic rings. The number of imidazole rings is 1. The van der Waals surface area contributed by atoms with Crippen molar-refractivity contribution in [3.8, 4) is 0 Å². The molecule has 2 rings (SSSR count). The molecule has 0 radical (unpaired) electrons. The van der Waals surface area contributed by atoms with Gasteiger partial charge in [-0.1, -0.05) is 6.92 Å². The second-order valence-corrected chi connectivity index (χ2v) is 5.22. The van der Waals surface area contributed by atoms with Crippen LogP contribution >= 0.6 is 34.4 Å². The maximum atomic E-state index is 4.45. The van der Waals surface area contributed by atoms with E-state index in [0.29, 0.717) is 0 Å². The van der Waals surface area contributed by atoms with Crippen molar-refractivity contribution in [1.29, 1.82) is 0 Å². The summed E-state index contributed by atoms with van der Waals surface area (Å²) in [4.78, 5) is 4.45. The molecular formula is C9H10IN3S. The summed E-state index contributed by atoms with van der Waals surface area (Å²) in [6.45, 7) is 4.16. The zero-order chi connectivity index (χ0) is 10.1. The van der Waals surface area contributed by atoms with Crippen LogP contribution in [0.15, 0.2) is 17.2 Å². The minimum Gasteiger partial charge on any atom is -0.231 e. The summed E-state index contributed by atoms with van der Waals surface area (Å²) in [5, 5.41) is 5.59. The summed E-state index contributed by atoms with van der Waals surface area (Å²) in [5.74, 6) is 1.04. The fourth-order valence-electron chi connectivity index (χ4n) is 1.30. The predicted octanol–water partition coefficient (Wildman–Crippen LogP) is 2.75. The second kappa shape index (κ2) is 4.06. The monoisotopic (exact) mass is 319 g/mol. The van der Waals surface area contributed by atoms with Gasteiger partial charge in [-0.3, -0.25) is 0 Å². The van der Waals surface area contributed by atoms with E-state index in [1.54, 1.807) is 11.8 Å². The third kappa shape index (κ3) is 1.75. The third-order valence-electron chi connectivity index (χ3n) is 1.85. The first-order valence-electron chi connectivity index (χ1n) is 4.37. The highest BCUT2D eigenvalue weighted by atomic mass is 127. The number of rotatable bonds is 2. The Balaban J connectivity index is 2.66. The quantitative estimate of drug-likeness (QED) is 0.630. The van der Waals surface area contributed by atoms with Gasteiger partial charge in [0.15, 0.2) is 5.65 Å². The molecule has 0 aliphatic carbocycles. The van der Waals surface area contributed by atoms with Gasteiger partial charge < -0.3 is 0 Å². The Hall–Kier alpha value is -0.300. The van der Waals surface area contributed by atoms with E-state index in [-0.39, 0.29) is 0 Å². The first-order valence-corrected chi connectivity index (χ1v) is 6.43. The Kier molecular flexibility index (Phi) is 2.96. The first kappa shape index (κ1) is 10.2.